The van der Waals surface area contributed by atoms with Crippen LogP contribution in [0.1, 0.15) is 15.9 Å². The van der Waals surface area contributed by atoms with Crippen LogP contribution in [0.3, 0.4) is 0 Å². The summed E-state index contributed by atoms with van der Waals surface area (Å²) < 4.78 is 16.0. The Bertz CT molecular complexity index is 944. The second kappa shape index (κ2) is 6.45. The number of ether oxygens (including phenoxy) is 2. The van der Waals surface area contributed by atoms with Crippen molar-refractivity contribution in [2.45, 2.75) is 6.61 Å². The van der Waals surface area contributed by atoms with Crippen molar-refractivity contribution in [1.82, 2.24) is 0 Å². The molecule has 0 aliphatic carbocycles. The lowest BCUT2D eigenvalue weighted by Crippen LogP contribution is -2.10. The molecule has 2 aromatic carbocycles. The number of carbonyl (C=O) groups excluding carboxylic acids is 1. The molecule has 0 saturated carbocycles. The minimum atomic E-state index is -0.498. The summed E-state index contributed by atoms with van der Waals surface area (Å²) in [4.78, 5) is 22.8. The maximum absolute atomic E-state index is 11.7. The Labute approximate surface area is 137 Å². The van der Waals surface area contributed by atoms with E-state index in [1.54, 1.807) is 43.5 Å². The number of hydrogen-bond acceptors (Lipinski definition) is 5. The molecule has 0 atom stereocenters. The first-order valence-corrected chi connectivity index (χ1v) is 7.20. The Kier molecular flexibility index (Phi) is 4.20. The van der Waals surface area contributed by atoms with Gasteiger partial charge in [-0.25, -0.2) is 4.79 Å². The molecular formula is C18H15NO5. The number of carbonyl (C=O) groups is 1. The Morgan fingerprint density at radius 3 is 2.46 bits per heavy atom. The zero-order chi connectivity index (χ0) is 17.1. The largest absolute Gasteiger partial charge is 0.497 e. The van der Waals surface area contributed by atoms with Gasteiger partial charge in [0, 0.05) is 28.6 Å². The van der Waals surface area contributed by atoms with Crippen LogP contribution in [0.4, 0.5) is 0 Å². The number of methoxy groups -OCH3 is 1. The van der Waals surface area contributed by atoms with Crippen LogP contribution in [0.5, 0.6) is 11.5 Å². The van der Waals surface area contributed by atoms with Gasteiger partial charge in [0.15, 0.2) is 0 Å². The van der Waals surface area contributed by atoms with Crippen molar-refractivity contribution in [3.63, 3.8) is 0 Å². The summed E-state index contributed by atoms with van der Waals surface area (Å²) in [5, 5.41) is 0.768. The predicted molar refractivity (Wildman–Crippen MR) is 88.3 cm³/mol. The first-order chi connectivity index (χ1) is 11.6. The van der Waals surface area contributed by atoms with Crippen LogP contribution < -0.4 is 20.8 Å². The van der Waals surface area contributed by atoms with Gasteiger partial charge in [-0.1, -0.05) is 0 Å². The third-order valence-electron chi connectivity index (χ3n) is 3.57. The average molecular weight is 325 g/mol. The molecule has 0 spiro atoms. The van der Waals surface area contributed by atoms with E-state index in [4.69, 9.17) is 19.6 Å². The van der Waals surface area contributed by atoms with Crippen LogP contribution in [-0.2, 0) is 6.61 Å². The topological polar surface area (TPSA) is 91.8 Å². The van der Waals surface area contributed by atoms with E-state index in [9.17, 15) is 9.59 Å². The molecule has 6 nitrogen and oxygen atoms in total. The average Bonchev–Trinajstić information content (AvgIpc) is 2.59. The van der Waals surface area contributed by atoms with Gasteiger partial charge in [-0.15, -0.1) is 0 Å². The highest BCUT2D eigenvalue weighted by Gasteiger charge is 2.08. The Balaban J connectivity index is 1.86. The Morgan fingerprint density at radius 1 is 1.08 bits per heavy atom. The van der Waals surface area contributed by atoms with Crippen molar-refractivity contribution < 1.29 is 18.7 Å². The van der Waals surface area contributed by atoms with Crippen LogP contribution in [0.15, 0.2) is 57.7 Å². The molecule has 0 radical (unpaired) electrons. The van der Waals surface area contributed by atoms with E-state index < -0.39 is 11.5 Å². The van der Waals surface area contributed by atoms with E-state index in [0.29, 0.717) is 28.2 Å². The molecule has 1 amide bonds. The molecular weight excluding hydrogens is 310 g/mol. The molecule has 0 aliphatic rings. The van der Waals surface area contributed by atoms with Gasteiger partial charge in [0.05, 0.1) is 7.11 Å². The molecule has 1 heterocycles. The minimum absolute atomic E-state index is 0.185. The standard InChI is InChI=1S/C18H15NO5/c1-22-14-6-7-15-12(8-17(20)24-16(15)9-14)10-23-13-4-2-11(3-5-13)18(19)21/h2-9H,10H2,1H3,(H2,19,21). The lowest BCUT2D eigenvalue weighted by atomic mass is 10.1. The van der Waals surface area contributed by atoms with Crippen molar-refractivity contribution in [2.75, 3.05) is 7.11 Å². The number of hydrogen-bond donors (Lipinski definition) is 1. The molecule has 0 unspecified atom stereocenters. The summed E-state index contributed by atoms with van der Waals surface area (Å²) in [5.41, 5.74) is 6.27. The summed E-state index contributed by atoms with van der Waals surface area (Å²) >= 11 is 0. The number of nitrogens with two attached hydrogens (primary N) is 1. The van der Waals surface area contributed by atoms with E-state index in [1.807, 2.05) is 6.07 Å². The van der Waals surface area contributed by atoms with E-state index in [1.165, 1.54) is 6.07 Å². The van der Waals surface area contributed by atoms with Gasteiger partial charge in [0.1, 0.15) is 23.7 Å². The van der Waals surface area contributed by atoms with Crippen molar-refractivity contribution in [2.24, 2.45) is 5.73 Å². The fourth-order valence-electron chi connectivity index (χ4n) is 2.33. The quantitative estimate of drug-likeness (QED) is 0.728. The molecule has 0 bridgehead atoms. The summed E-state index contributed by atoms with van der Waals surface area (Å²) in [6.07, 6.45) is 0. The van der Waals surface area contributed by atoms with Crippen LogP contribution in [0.25, 0.3) is 11.0 Å². The molecule has 24 heavy (non-hydrogen) atoms. The second-order valence-corrected chi connectivity index (χ2v) is 5.13. The smallest absolute Gasteiger partial charge is 0.336 e. The first-order valence-electron chi connectivity index (χ1n) is 7.20. The van der Waals surface area contributed by atoms with E-state index >= 15 is 0 Å². The Morgan fingerprint density at radius 2 is 1.79 bits per heavy atom. The van der Waals surface area contributed by atoms with Gasteiger partial charge in [-0.3, -0.25) is 4.79 Å². The van der Waals surface area contributed by atoms with Crippen molar-refractivity contribution in [1.29, 1.82) is 0 Å². The van der Waals surface area contributed by atoms with Crippen LogP contribution in [0.2, 0.25) is 0 Å². The third kappa shape index (κ3) is 3.22. The summed E-state index contributed by atoms with van der Waals surface area (Å²) in [5.74, 6) is 0.669. The molecule has 1 aromatic heterocycles. The molecule has 0 aliphatic heterocycles. The highest BCUT2D eigenvalue weighted by molar-refractivity contribution is 5.92. The summed E-state index contributed by atoms with van der Waals surface area (Å²) in [6.45, 7) is 0.185. The summed E-state index contributed by atoms with van der Waals surface area (Å²) in [6, 6.07) is 13.1. The fraction of sp³-hybridized carbons (Fsp3) is 0.111. The maximum Gasteiger partial charge on any atom is 0.336 e. The SMILES string of the molecule is COc1ccc2c(COc3ccc(C(N)=O)cc3)cc(=O)oc2c1. The van der Waals surface area contributed by atoms with Gasteiger partial charge in [-0.2, -0.15) is 0 Å². The zero-order valence-corrected chi connectivity index (χ0v) is 12.9. The van der Waals surface area contributed by atoms with Crippen LogP contribution in [-0.4, -0.2) is 13.0 Å². The lowest BCUT2D eigenvalue weighted by molar-refractivity contribution is 0.1000. The number of rotatable bonds is 5. The van der Waals surface area contributed by atoms with Gasteiger partial charge >= 0.3 is 5.63 Å². The highest BCUT2D eigenvalue weighted by atomic mass is 16.5. The molecule has 3 aromatic rings. The first kappa shape index (κ1) is 15.6. The van der Waals surface area contributed by atoms with Gasteiger partial charge in [0.25, 0.3) is 0 Å². The zero-order valence-electron chi connectivity index (χ0n) is 12.9. The second-order valence-electron chi connectivity index (χ2n) is 5.13. The lowest BCUT2D eigenvalue weighted by Gasteiger charge is -2.09. The third-order valence-corrected chi connectivity index (χ3v) is 3.57. The number of fused-ring (bicyclic) bond motifs is 1. The van der Waals surface area contributed by atoms with Gasteiger partial charge in [-0.05, 0) is 36.4 Å². The number of primary amides is 1. The minimum Gasteiger partial charge on any atom is -0.497 e. The molecule has 0 fully saturated rings. The maximum atomic E-state index is 11.7. The van der Waals surface area contributed by atoms with Crippen molar-refractivity contribution in [3.05, 3.63) is 70.1 Å². The van der Waals surface area contributed by atoms with Gasteiger partial charge in [0.2, 0.25) is 5.91 Å². The van der Waals surface area contributed by atoms with Crippen LogP contribution in [0, 0.1) is 0 Å². The predicted octanol–water partition coefficient (Wildman–Crippen LogP) is 2.48. The summed E-state index contributed by atoms with van der Waals surface area (Å²) in [7, 11) is 1.54. The molecule has 3 rings (SSSR count). The molecule has 6 heteroatoms. The fourth-order valence-corrected chi connectivity index (χ4v) is 2.33. The van der Waals surface area contributed by atoms with E-state index in [-0.39, 0.29) is 6.61 Å². The molecule has 0 saturated heterocycles. The van der Waals surface area contributed by atoms with E-state index in [2.05, 4.69) is 0 Å². The monoisotopic (exact) mass is 325 g/mol. The molecule has 2 N–H and O–H groups in total. The van der Waals surface area contributed by atoms with E-state index in [0.717, 1.165) is 5.39 Å². The number of amides is 1. The Hall–Kier alpha value is -3.28. The number of benzene rings is 2. The normalized spacial score (nSPS) is 10.5. The van der Waals surface area contributed by atoms with Gasteiger partial charge < -0.3 is 19.6 Å². The van der Waals surface area contributed by atoms with Crippen molar-refractivity contribution in [3.8, 4) is 11.5 Å². The highest BCUT2D eigenvalue weighted by Crippen LogP contribution is 2.23. The van der Waals surface area contributed by atoms with Crippen molar-refractivity contribution >= 4 is 16.9 Å². The van der Waals surface area contributed by atoms with Crippen LogP contribution >= 0.6 is 0 Å². The molecule has 122 valence electrons.